The zero-order valence-corrected chi connectivity index (χ0v) is 26.3. The maximum absolute atomic E-state index is 14.8. The molecular weight excluding hydrogens is 597 g/mol. The third-order valence-corrected chi connectivity index (χ3v) is 7.94. The van der Waals surface area contributed by atoms with Crippen molar-refractivity contribution in [2.24, 2.45) is 0 Å². The monoisotopic (exact) mass is 633 g/mol. The molecule has 9 nitrogen and oxygen atoms in total. The van der Waals surface area contributed by atoms with Crippen molar-refractivity contribution in [3.8, 4) is 22.9 Å². The largest absolute Gasteiger partial charge is 0.473 e. The molecule has 1 fully saturated rings. The molecule has 3 aromatic carbocycles. The van der Waals surface area contributed by atoms with Crippen LogP contribution < -0.4 is 14.4 Å². The molecule has 45 heavy (non-hydrogen) atoms. The van der Waals surface area contributed by atoms with Gasteiger partial charge < -0.3 is 24.0 Å². The molecule has 0 atom stereocenters. The van der Waals surface area contributed by atoms with Crippen molar-refractivity contribution < 1.29 is 31.3 Å². The lowest BCUT2D eigenvalue weighted by Gasteiger charge is -2.37. The fourth-order valence-electron chi connectivity index (χ4n) is 4.89. The first-order chi connectivity index (χ1) is 21.5. The van der Waals surface area contributed by atoms with Crippen LogP contribution in [0.1, 0.15) is 31.9 Å². The van der Waals surface area contributed by atoms with E-state index in [2.05, 4.69) is 4.98 Å². The Hall–Kier alpha value is -4.64. The summed E-state index contributed by atoms with van der Waals surface area (Å²) >= 11 is 0. The van der Waals surface area contributed by atoms with E-state index in [4.69, 9.17) is 14.2 Å². The minimum atomic E-state index is -5.12. The third-order valence-electron chi connectivity index (χ3n) is 7.09. The first-order valence-electron chi connectivity index (χ1n) is 14.6. The summed E-state index contributed by atoms with van der Waals surface area (Å²) in [5.74, 6) is 0.536. The minimum Gasteiger partial charge on any atom is -0.473 e. The number of benzene rings is 3. The number of carbonyl (C=O) groups excluding carboxylic acids is 1. The number of aromatic nitrogens is 1. The molecule has 0 aliphatic carbocycles. The fraction of sp³-hybridized carbons (Fsp3) is 0.294. The van der Waals surface area contributed by atoms with Crippen molar-refractivity contribution in [1.29, 1.82) is 0 Å². The zero-order chi connectivity index (χ0) is 32.0. The van der Waals surface area contributed by atoms with Gasteiger partial charge in [-0.2, -0.15) is 13.4 Å². The molecule has 1 aromatic heterocycles. The summed E-state index contributed by atoms with van der Waals surface area (Å²) in [4.78, 5) is 19.9. The molecular formula is C34H36FN3O6S. The number of halogens is 1. The number of rotatable bonds is 9. The lowest BCUT2D eigenvalue weighted by atomic mass is 10.1. The van der Waals surface area contributed by atoms with Crippen LogP contribution in [0.5, 0.6) is 11.8 Å². The number of anilines is 1. The number of hydrogen-bond acceptors (Lipinski definition) is 8. The van der Waals surface area contributed by atoms with Crippen molar-refractivity contribution >= 4 is 22.0 Å². The number of pyridine rings is 1. The van der Waals surface area contributed by atoms with Gasteiger partial charge in [0.05, 0.1) is 5.69 Å². The van der Waals surface area contributed by atoms with Crippen LogP contribution >= 0.6 is 0 Å². The quantitative estimate of drug-likeness (QED) is 0.190. The Morgan fingerprint density at radius 1 is 0.822 bits per heavy atom. The van der Waals surface area contributed by atoms with Crippen LogP contribution in [-0.2, 0) is 28.2 Å². The lowest BCUT2D eigenvalue weighted by Crippen LogP contribution is -2.50. The average molecular weight is 634 g/mol. The Bertz CT molecular complexity index is 1720. The van der Waals surface area contributed by atoms with Crippen LogP contribution in [0.4, 0.5) is 14.4 Å². The highest BCUT2D eigenvalue weighted by Gasteiger charge is 2.29. The Morgan fingerprint density at radius 2 is 1.42 bits per heavy atom. The first-order valence-corrected chi connectivity index (χ1v) is 16.0. The molecule has 236 valence electrons. The van der Waals surface area contributed by atoms with Crippen molar-refractivity contribution in [2.45, 2.75) is 44.5 Å². The predicted octanol–water partition coefficient (Wildman–Crippen LogP) is 6.62. The molecule has 1 aliphatic rings. The van der Waals surface area contributed by atoms with Crippen molar-refractivity contribution in [3.05, 3.63) is 102 Å². The molecule has 1 aliphatic heterocycles. The van der Waals surface area contributed by atoms with Gasteiger partial charge >= 0.3 is 16.3 Å². The van der Waals surface area contributed by atoms with E-state index in [0.717, 1.165) is 11.1 Å². The smallest absolute Gasteiger partial charge is 0.410 e. The van der Waals surface area contributed by atoms with Crippen LogP contribution in [0.15, 0.2) is 95.9 Å². The second-order valence-corrected chi connectivity index (χ2v) is 12.9. The highest BCUT2D eigenvalue weighted by atomic mass is 32.3. The van der Waals surface area contributed by atoms with Crippen LogP contribution in [0.3, 0.4) is 0 Å². The molecule has 1 amide bonds. The van der Waals surface area contributed by atoms with E-state index in [1.54, 1.807) is 54.8 Å². The van der Waals surface area contributed by atoms with Crippen molar-refractivity contribution in [2.75, 3.05) is 31.1 Å². The van der Waals surface area contributed by atoms with E-state index in [1.165, 1.54) is 6.07 Å². The van der Waals surface area contributed by atoms with E-state index in [-0.39, 0.29) is 18.2 Å². The highest BCUT2D eigenvalue weighted by Crippen LogP contribution is 2.37. The Morgan fingerprint density at radius 3 is 2.00 bits per heavy atom. The van der Waals surface area contributed by atoms with Gasteiger partial charge in [0.25, 0.3) is 0 Å². The molecule has 0 saturated carbocycles. The third kappa shape index (κ3) is 8.51. The van der Waals surface area contributed by atoms with E-state index >= 15 is 0 Å². The van der Waals surface area contributed by atoms with Gasteiger partial charge in [-0.15, -0.1) is 3.89 Å². The zero-order valence-electron chi connectivity index (χ0n) is 25.5. The topological polar surface area (TPSA) is 98.3 Å². The average Bonchev–Trinajstić information content (AvgIpc) is 3.02. The summed E-state index contributed by atoms with van der Waals surface area (Å²) in [6.07, 6.45) is -0.442. The number of carbonyl (C=O) groups is 1. The maximum atomic E-state index is 14.8. The highest BCUT2D eigenvalue weighted by molar-refractivity contribution is 7.86. The van der Waals surface area contributed by atoms with Gasteiger partial charge in [-0.25, -0.2) is 4.79 Å². The van der Waals surface area contributed by atoms with E-state index in [0.29, 0.717) is 49.8 Å². The number of amides is 1. The molecule has 2 heterocycles. The Balaban J connectivity index is 1.42. The van der Waals surface area contributed by atoms with Gasteiger partial charge in [0.1, 0.15) is 23.7 Å². The van der Waals surface area contributed by atoms with Gasteiger partial charge in [0.15, 0.2) is 0 Å². The molecule has 1 saturated heterocycles. The second kappa shape index (κ2) is 13.6. The SMILES string of the molecule is CC(C)(C)OC(=O)N1CCN(c2ccc(-c3ccc(OCc4ccccc4)nc3OCc3ccccc3)cc2S(=O)(=O)F)CC1. The van der Waals surface area contributed by atoms with Crippen LogP contribution in [-0.4, -0.2) is 56.2 Å². The fourth-order valence-corrected chi connectivity index (χ4v) is 5.60. The number of ether oxygens (including phenoxy) is 3. The van der Waals surface area contributed by atoms with Gasteiger partial charge in [0.2, 0.25) is 11.8 Å². The summed E-state index contributed by atoms with van der Waals surface area (Å²) in [5.41, 5.74) is 2.35. The Kier molecular flexibility index (Phi) is 9.57. The molecule has 5 rings (SSSR count). The second-order valence-electron chi connectivity index (χ2n) is 11.6. The van der Waals surface area contributed by atoms with Crippen molar-refractivity contribution in [1.82, 2.24) is 9.88 Å². The molecule has 0 spiro atoms. The maximum Gasteiger partial charge on any atom is 0.410 e. The van der Waals surface area contributed by atoms with Crippen LogP contribution in [0, 0.1) is 0 Å². The molecule has 11 heteroatoms. The predicted molar refractivity (Wildman–Crippen MR) is 170 cm³/mol. The van der Waals surface area contributed by atoms with Gasteiger partial charge in [-0.1, -0.05) is 66.7 Å². The van der Waals surface area contributed by atoms with Gasteiger partial charge in [-0.3, -0.25) is 0 Å². The summed E-state index contributed by atoms with van der Waals surface area (Å²) < 4.78 is 57.2. The molecule has 0 bridgehead atoms. The van der Waals surface area contributed by atoms with Crippen LogP contribution in [0.25, 0.3) is 11.1 Å². The number of hydrogen-bond donors (Lipinski definition) is 0. The number of nitrogens with zero attached hydrogens (tertiary/aromatic N) is 3. The normalized spacial score (nSPS) is 13.8. The van der Waals surface area contributed by atoms with Gasteiger partial charge in [0, 0.05) is 37.8 Å². The van der Waals surface area contributed by atoms with Crippen molar-refractivity contribution in [3.63, 3.8) is 0 Å². The minimum absolute atomic E-state index is 0.206. The summed E-state index contributed by atoms with van der Waals surface area (Å²) in [6.45, 7) is 7.09. The summed E-state index contributed by atoms with van der Waals surface area (Å²) in [5, 5.41) is 0. The molecule has 4 aromatic rings. The van der Waals surface area contributed by atoms with E-state index in [9.17, 15) is 17.1 Å². The standard InChI is InChI=1S/C34H36FN3O6S/c1-34(2,3)44-33(39)38-20-18-37(19-21-38)29-16-14-27(22-30(29)45(35,40)41)28-15-17-31(42-23-25-10-6-4-7-11-25)36-32(28)43-24-26-12-8-5-9-13-26/h4-17,22H,18-21,23-24H2,1-3H3. The molecule has 0 radical (unpaired) electrons. The Labute approximate surface area is 263 Å². The first kappa shape index (κ1) is 31.8. The molecule has 0 N–H and O–H groups in total. The number of piperazine rings is 1. The van der Waals surface area contributed by atoms with E-state index in [1.807, 2.05) is 60.7 Å². The summed E-state index contributed by atoms with van der Waals surface area (Å²) in [7, 11) is -5.12. The molecule has 0 unspecified atom stereocenters. The lowest BCUT2D eigenvalue weighted by molar-refractivity contribution is 0.0240. The van der Waals surface area contributed by atoms with Gasteiger partial charge in [-0.05, 0) is 55.7 Å². The summed E-state index contributed by atoms with van der Waals surface area (Å²) in [6, 6.07) is 27.2. The van der Waals surface area contributed by atoms with Crippen LogP contribution in [0.2, 0.25) is 0 Å². The van der Waals surface area contributed by atoms with E-state index < -0.39 is 26.8 Å².